The number of methoxy groups -OCH3 is 1. The van der Waals surface area contributed by atoms with Crippen molar-refractivity contribution in [1.82, 2.24) is 9.62 Å². The van der Waals surface area contributed by atoms with E-state index in [0.717, 1.165) is 5.56 Å². The number of benzene rings is 2. The standard InChI is InChI=1S/C23H29N3O5S/c1-17(16-31-2)26-15-19(14-22(26)27)23(28)25-20-8-10-21(11-9-20)32(29,30)24-13-12-18-6-4-3-5-7-18/h3-11,17,19,24H,12-16H2,1-2H3,(H,25,28)/t17-,19-/m0/s1. The van der Waals surface area contributed by atoms with E-state index in [-0.39, 0.29) is 29.2 Å². The fourth-order valence-electron chi connectivity index (χ4n) is 3.68. The second kappa shape index (κ2) is 10.7. The van der Waals surface area contributed by atoms with Crippen molar-refractivity contribution in [2.45, 2.75) is 30.7 Å². The lowest BCUT2D eigenvalue weighted by Crippen LogP contribution is -2.38. The number of nitrogens with one attached hydrogen (secondary N) is 2. The first-order valence-corrected chi connectivity index (χ1v) is 12.0. The summed E-state index contributed by atoms with van der Waals surface area (Å²) < 4.78 is 32.7. The fraction of sp³-hybridized carbons (Fsp3) is 0.391. The number of ether oxygens (including phenoxy) is 1. The van der Waals surface area contributed by atoms with Crippen molar-refractivity contribution in [3.8, 4) is 0 Å². The molecule has 1 aliphatic heterocycles. The molecule has 1 heterocycles. The molecule has 2 N–H and O–H groups in total. The van der Waals surface area contributed by atoms with Gasteiger partial charge >= 0.3 is 0 Å². The molecule has 0 aromatic heterocycles. The van der Waals surface area contributed by atoms with E-state index in [4.69, 9.17) is 4.74 Å². The Labute approximate surface area is 189 Å². The lowest BCUT2D eigenvalue weighted by Gasteiger charge is -2.23. The molecule has 0 radical (unpaired) electrons. The first kappa shape index (κ1) is 23.9. The molecule has 2 aromatic rings. The molecule has 8 nitrogen and oxygen atoms in total. The van der Waals surface area contributed by atoms with E-state index in [1.54, 1.807) is 24.1 Å². The van der Waals surface area contributed by atoms with Crippen LogP contribution >= 0.6 is 0 Å². The molecule has 0 saturated carbocycles. The van der Waals surface area contributed by atoms with E-state index in [1.807, 2.05) is 37.3 Å². The van der Waals surface area contributed by atoms with Crippen LogP contribution < -0.4 is 10.0 Å². The molecule has 2 amide bonds. The molecule has 2 atom stereocenters. The predicted molar refractivity (Wildman–Crippen MR) is 122 cm³/mol. The van der Waals surface area contributed by atoms with Gasteiger partial charge in [0.1, 0.15) is 0 Å². The molecule has 0 unspecified atom stereocenters. The molecular formula is C23H29N3O5S. The smallest absolute Gasteiger partial charge is 0.240 e. The van der Waals surface area contributed by atoms with Crippen molar-refractivity contribution in [2.24, 2.45) is 5.92 Å². The van der Waals surface area contributed by atoms with E-state index >= 15 is 0 Å². The zero-order valence-electron chi connectivity index (χ0n) is 18.3. The first-order valence-electron chi connectivity index (χ1n) is 10.5. The SMILES string of the molecule is COC[C@H](C)N1C[C@@H](C(=O)Nc2ccc(S(=O)(=O)NCCc3ccccc3)cc2)CC1=O. The number of rotatable bonds is 10. The number of likely N-dealkylation sites (tertiary alicyclic amines) is 1. The average Bonchev–Trinajstić information content (AvgIpc) is 3.17. The molecule has 9 heteroatoms. The Morgan fingerprint density at radius 3 is 2.50 bits per heavy atom. The zero-order chi connectivity index (χ0) is 23.1. The van der Waals surface area contributed by atoms with Crippen LogP contribution in [0.2, 0.25) is 0 Å². The highest BCUT2D eigenvalue weighted by molar-refractivity contribution is 7.89. The van der Waals surface area contributed by atoms with Crippen LogP contribution in [0.4, 0.5) is 5.69 Å². The summed E-state index contributed by atoms with van der Waals surface area (Å²) in [5.74, 6) is -0.787. The van der Waals surface area contributed by atoms with Gasteiger partial charge in [-0.1, -0.05) is 30.3 Å². The van der Waals surface area contributed by atoms with Gasteiger partial charge in [-0.2, -0.15) is 0 Å². The second-order valence-electron chi connectivity index (χ2n) is 7.90. The van der Waals surface area contributed by atoms with Crippen LogP contribution in [-0.4, -0.2) is 58.0 Å². The quantitative estimate of drug-likeness (QED) is 0.566. The minimum Gasteiger partial charge on any atom is -0.383 e. The van der Waals surface area contributed by atoms with Crippen molar-refractivity contribution in [1.29, 1.82) is 0 Å². The number of amides is 2. The van der Waals surface area contributed by atoms with Gasteiger partial charge in [0.2, 0.25) is 21.8 Å². The van der Waals surface area contributed by atoms with Crippen molar-refractivity contribution >= 4 is 27.5 Å². The van der Waals surface area contributed by atoms with Gasteiger partial charge in [0, 0.05) is 32.3 Å². The van der Waals surface area contributed by atoms with Crippen molar-refractivity contribution < 1.29 is 22.7 Å². The van der Waals surface area contributed by atoms with E-state index in [2.05, 4.69) is 10.0 Å². The zero-order valence-corrected chi connectivity index (χ0v) is 19.1. The van der Waals surface area contributed by atoms with Crippen molar-refractivity contribution in [3.63, 3.8) is 0 Å². The van der Waals surface area contributed by atoms with Crippen molar-refractivity contribution in [3.05, 3.63) is 60.2 Å². The largest absolute Gasteiger partial charge is 0.383 e. The molecule has 0 aliphatic carbocycles. The maximum Gasteiger partial charge on any atom is 0.240 e. The third-order valence-corrected chi connectivity index (χ3v) is 6.93. The van der Waals surface area contributed by atoms with Crippen LogP contribution in [-0.2, 0) is 30.8 Å². The molecule has 1 aliphatic rings. The number of hydrogen-bond acceptors (Lipinski definition) is 5. The molecule has 0 spiro atoms. The molecule has 0 bridgehead atoms. The lowest BCUT2D eigenvalue weighted by atomic mass is 10.1. The normalized spacial score (nSPS) is 17.4. The summed E-state index contributed by atoms with van der Waals surface area (Å²) in [7, 11) is -2.07. The number of carbonyl (C=O) groups excluding carboxylic acids is 2. The van der Waals surface area contributed by atoms with Crippen LogP contribution in [0.1, 0.15) is 18.9 Å². The van der Waals surface area contributed by atoms with Gasteiger partial charge in [-0.3, -0.25) is 9.59 Å². The highest BCUT2D eigenvalue weighted by atomic mass is 32.2. The minimum absolute atomic E-state index is 0.0716. The van der Waals surface area contributed by atoms with E-state index in [9.17, 15) is 18.0 Å². The van der Waals surface area contributed by atoms with Crippen molar-refractivity contribution in [2.75, 3.05) is 32.1 Å². The van der Waals surface area contributed by atoms with E-state index < -0.39 is 15.9 Å². The third-order valence-electron chi connectivity index (χ3n) is 5.45. The Balaban J connectivity index is 1.53. The van der Waals surface area contributed by atoms with Crippen LogP contribution in [0.25, 0.3) is 0 Å². The topological polar surface area (TPSA) is 105 Å². The van der Waals surface area contributed by atoms with Gasteiger partial charge in [-0.15, -0.1) is 0 Å². The summed E-state index contributed by atoms with van der Waals surface area (Å²) in [6.45, 7) is 2.93. The van der Waals surface area contributed by atoms with Crippen LogP contribution in [0.3, 0.4) is 0 Å². The number of anilines is 1. The van der Waals surface area contributed by atoms with Gasteiger partial charge < -0.3 is 15.0 Å². The maximum atomic E-state index is 12.6. The molecule has 2 aromatic carbocycles. The van der Waals surface area contributed by atoms with Gasteiger partial charge in [0.15, 0.2) is 0 Å². The van der Waals surface area contributed by atoms with Crippen LogP contribution in [0, 0.1) is 5.92 Å². The Morgan fingerprint density at radius 2 is 1.84 bits per heavy atom. The molecule has 172 valence electrons. The van der Waals surface area contributed by atoms with Gasteiger partial charge in [0.25, 0.3) is 0 Å². The first-order chi connectivity index (χ1) is 15.3. The van der Waals surface area contributed by atoms with Gasteiger partial charge in [-0.25, -0.2) is 13.1 Å². The number of carbonyl (C=O) groups is 2. The molecule has 1 saturated heterocycles. The number of nitrogens with zero attached hydrogens (tertiary/aromatic N) is 1. The Hall–Kier alpha value is -2.75. The fourth-order valence-corrected chi connectivity index (χ4v) is 4.72. The molecule has 3 rings (SSSR count). The summed E-state index contributed by atoms with van der Waals surface area (Å²) in [6.07, 6.45) is 0.742. The van der Waals surface area contributed by atoms with Crippen LogP contribution in [0.5, 0.6) is 0 Å². The Kier molecular flexibility index (Phi) is 8.00. The third kappa shape index (κ3) is 6.15. The second-order valence-corrected chi connectivity index (χ2v) is 9.67. The summed E-state index contributed by atoms with van der Waals surface area (Å²) in [5.41, 5.74) is 1.53. The molecular weight excluding hydrogens is 430 g/mol. The summed E-state index contributed by atoms with van der Waals surface area (Å²) in [5, 5.41) is 2.77. The lowest BCUT2D eigenvalue weighted by molar-refractivity contribution is -0.130. The van der Waals surface area contributed by atoms with Gasteiger partial charge in [-0.05, 0) is 43.2 Å². The molecule has 1 fully saturated rings. The predicted octanol–water partition coefficient (Wildman–Crippen LogP) is 2.03. The van der Waals surface area contributed by atoms with E-state index in [0.29, 0.717) is 31.8 Å². The Morgan fingerprint density at radius 1 is 1.16 bits per heavy atom. The maximum absolute atomic E-state index is 12.6. The summed E-state index contributed by atoms with van der Waals surface area (Å²) in [6, 6.07) is 15.5. The Bertz CT molecular complexity index is 1030. The highest BCUT2D eigenvalue weighted by Crippen LogP contribution is 2.22. The number of sulfonamides is 1. The summed E-state index contributed by atoms with van der Waals surface area (Å²) >= 11 is 0. The van der Waals surface area contributed by atoms with Gasteiger partial charge in [0.05, 0.1) is 23.5 Å². The minimum atomic E-state index is -3.65. The van der Waals surface area contributed by atoms with Crippen LogP contribution in [0.15, 0.2) is 59.5 Å². The summed E-state index contributed by atoms with van der Waals surface area (Å²) in [4.78, 5) is 26.6. The van der Waals surface area contributed by atoms with E-state index in [1.165, 1.54) is 12.1 Å². The number of hydrogen-bond donors (Lipinski definition) is 2. The average molecular weight is 460 g/mol. The highest BCUT2D eigenvalue weighted by Gasteiger charge is 2.36. The monoisotopic (exact) mass is 459 g/mol. The molecule has 32 heavy (non-hydrogen) atoms.